The van der Waals surface area contributed by atoms with Crippen molar-refractivity contribution in [1.29, 1.82) is 0 Å². The van der Waals surface area contributed by atoms with Gasteiger partial charge in [0.15, 0.2) is 0 Å². The average Bonchev–Trinajstić information content (AvgIpc) is 2.57. The summed E-state index contributed by atoms with van der Waals surface area (Å²) in [6.07, 6.45) is 2.94. The highest BCUT2D eigenvalue weighted by molar-refractivity contribution is 7.89. The summed E-state index contributed by atoms with van der Waals surface area (Å²) in [5.41, 5.74) is -0.282. The monoisotopic (exact) mass is 371 g/mol. The molecule has 0 aliphatic carbocycles. The van der Waals surface area contributed by atoms with Crippen LogP contribution in [0.2, 0.25) is 0 Å². The summed E-state index contributed by atoms with van der Waals surface area (Å²) in [6.45, 7) is 3.60. The first kappa shape index (κ1) is 19.6. The first-order chi connectivity index (χ1) is 11.8. The van der Waals surface area contributed by atoms with Gasteiger partial charge in [-0.05, 0) is 32.4 Å². The molecular formula is C16H25N3O5S. The highest BCUT2D eigenvalue weighted by Gasteiger charge is 2.27. The van der Waals surface area contributed by atoms with Crippen LogP contribution in [0.25, 0.3) is 0 Å². The lowest BCUT2D eigenvalue weighted by Gasteiger charge is -2.31. The van der Waals surface area contributed by atoms with Crippen molar-refractivity contribution in [2.45, 2.75) is 31.3 Å². The van der Waals surface area contributed by atoms with Crippen molar-refractivity contribution in [3.05, 3.63) is 28.7 Å². The SMILES string of the molecule is CCOC(=O)[C@H]1CCCN(Cn2cc(S(=O)(=O)N(C)C)ccc2=O)C1. The molecule has 140 valence electrons. The summed E-state index contributed by atoms with van der Waals surface area (Å²) in [7, 11) is -0.720. The predicted molar refractivity (Wildman–Crippen MR) is 92.5 cm³/mol. The first-order valence-electron chi connectivity index (χ1n) is 8.27. The Morgan fingerprint density at radius 1 is 1.36 bits per heavy atom. The molecule has 0 aromatic carbocycles. The summed E-state index contributed by atoms with van der Waals surface area (Å²) in [5, 5.41) is 0. The topological polar surface area (TPSA) is 88.9 Å². The van der Waals surface area contributed by atoms with Crippen LogP contribution in [0, 0.1) is 5.92 Å². The molecule has 8 nitrogen and oxygen atoms in total. The number of ether oxygens (including phenoxy) is 1. The van der Waals surface area contributed by atoms with Crippen molar-refractivity contribution < 1.29 is 17.9 Å². The summed E-state index contributed by atoms with van der Waals surface area (Å²) < 4.78 is 32.0. The summed E-state index contributed by atoms with van der Waals surface area (Å²) in [5.74, 6) is -0.429. The molecule has 0 amide bonds. The largest absolute Gasteiger partial charge is 0.466 e. The van der Waals surface area contributed by atoms with Gasteiger partial charge in [0, 0.05) is 32.9 Å². The van der Waals surface area contributed by atoms with Crippen LogP contribution in [-0.2, 0) is 26.2 Å². The van der Waals surface area contributed by atoms with Crippen molar-refractivity contribution in [1.82, 2.24) is 13.8 Å². The van der Waals surface area contributed by atoms with Gasteiger partial charge in [-0.15, -0.1) is 0 Å². The molecule has 1 aliphatic heterocycles. The number of hydrogen-bond donors (Lipinski definition) is 0. The molecular weight excluding hydrogens is 346 g/mol. The number of aromatic nitrogens is 1. The first-order valence-corrected chi connectivity index (χ1v) is 9.71. The van der Waals surface area contributed by atoms with E-state index < -0.39 is 10.0 Å². The van der Waals surface area contributed by atoms with Crippen LogP contribution in [0.1, 0.15) is 19.8 Å². The number of rotatable bonds is 6. The Morgan fingerprint density at radius 2 is 2.08 bits per heavy atom. The van der Waals surface area contributed by atoms with Gasteiger partial charge in [0.1, 0.15) is 0 Å². The fraction of sp³-hybridized carbons (Fsp3) is 0.625. The molecule has 1 saturated heterocycles. The van der Waals surface area contributed by atoms with Gasteiger partial charge in [0.25, 0.3) is 5.56 Å². The third kappa shape index (κ3) is 4.68. The fourth-order valence-corrected chi connectivity index (χ4v) is 3.76. The molecule has 1 aromatic heterocycles. The van der Waals surface area contributed by atoms with E-state index in [2.05, 4.69) is 0 Å². The van der Waals surface area contributed by atoms with E-state index in [1.807, 2.05) is 4.90 Å². The van der Waals surface area contributed by atoms with Gasteiger partial charge in [0.05, 0.1) is 24.1 Å². The van der Waals surface area contributed by atoms with Crippen LogP contribution in [0.4, 0.5) is 0 Å². The molecule has 25 heavy (non-hydrogen) atoms. The van der Waals surface area contributed by atoms with Crippen molar-refractivity contribution in [3.8, 4) is 0 Å². The minimum Gasteiger partial charge on any atom is -0.466 e. The average molecular weight is 371 g/mol. The normalized spacial score (nSPS) is 19.1. The predicted octanol–water partition coefficient (Wildman–Crippen LogP) is 0.331. The zero-order valence-electron chi connectivity index (χ0n) is 14.8. The Bertz CT molecular complexity index is 772. The Kier molecular flexibility index (Phi) is 6.36. The van der Waals surface area contributed by atoms with E-state index in [9.17, 15) is 18.0 Å². The number of esters is 1. The minimum atomic E-state index is -3.61. The van der Waals surface area contributed by atoms with E-state index in [1.54, 1.807) is 6.92 Å². The van der Waals surface area contributed by atoms with Gasteiger partial charge in [-0.2, -0.15) is 0 Å². The van der Waals surface area contributed by atoms with Gasteiger partial charge < -0.3 is 9.30 Å². The Hall–Kier alpha value is -1.71. The molecule has 2 rings (SSSR count). The summed E-state index contributed by atoms with van der Waals surface area (Å²) in [6, 6.07) is 2.56. The molecule has 0 N–H and O–H groups in total. The van der Waals surface area contributed by atoms with Gasteiger partial charge >= 0.3 is 5.97 Å². The Morgan fingerprint density at radius 3 is 2.72 bits per heavy atom. The molecule has 1 aliphatic rings. The number of likely N-dealkylation sites (tertiary alicyclic amines) is 1. The quantitative estimate of drug-likeness (QED) is 0.670. The van der Waals surface area contributed by atoms with Gasteiger partial charge in [-0.3, -0.25) is 14.5 Å². The van der Waals surface area contributed by atoms with Crippen molar-refractivity contribution >= 4 is 16.0 Å². The van der Waals surface area contributed by atoms with Crippen LogP contribution in [0.15, 0.2) is 28.0 Å². The lowest BCUT2D eigenvalue weighted by Crippen LogP contribution is -2.42. The molecule has 9 heteroatoms. The lowest BCUT2D eigenvalue weighted by atomic mass is 9.98. The maximum Gasteiger partial charge on any atom is 0.310 e. The fourth-order valence-electron chi connectivity index (χ4n) is 2.84. The zero-order valence-corrected chi connectivity index (χ0v) is 15.7. The van der Waals surface area contributed by atoms with E-state index in [0.717, 1.165) is 23.7 Å². The number of carbonyl (C=O) groups is 1. The maximum atomic E-state index is 12.2. The number of sulfonamides is 1. The number of hydrogen-bond acceptors (Lipinski definition) is 6. The number of pyridine rings is 1. The summed E-state index contributed by atoms with van der Waals surface area (Å²) >= 11 is 0. The van der Waals surface area contributed by atoms with Crippen LogP contribution < -0.4 is 5.56 Å². The number of piperidine rings is 1. The molecule has 0 unspecified atom stereocenters. The zero-order chi connectivity index (χ0) is 18.6. The van der Waals surface area contributed by atoms with Crippen molar-refractivity contribution in [3.63, 3.8) is 0 Å². The van der Waals surface area contributed by atoms with Gasteiger partial charge in [-0.1, -0.05) is 0 Å². The lowest BCUT2D eigenvalue weighted by molar-refractivity contribution is -0.150. The number of carbonyl (C=O) groups excluding carboxylic acids is 1. The molecule has 1 fully saturated rings. The van der Waals surface area contributed by atoms with Crippen LogP contribution in [0.5, 0.6) is 0 Å². The molecule has 0 saturated carbocycles. The third-order valence-electron chi connectivity index (χ3n) is 4.21. The number of nitrogens with zero attached hydrogens (tertiary/aromatic N) is 3. The molecule has 0 radical (unpaired) electrons. The Labute approximate surface area is 148 Å². The van der Waals surface area contributed by atoms with Crippen molar-refractivity contribution in [2.24, 2.45) is 5.92 Å². The molecule has 1 atom stereocenters. The second-order valence-corrected chi connectivity index (χ2v) is 8.42. The smallest absolute Gasteiger partial charge is 0.310 e. The molecule has 1 aromatic rings. The van der Waals surface area contributed by atoms with Crippen LogP contribution in [0.3, 0.4) is 0 Å². The third-order valence-corrected chi connectivity index (χ3v) is 6.01. The van der Waals surface area contributed by atoms with E-state index in [4.69, 9.17) is 4.74 Å². The van der Waals surface area contributed by atoms with Crippen molar-refractivity contribution in [2.75, 3.05) is 33.8 Å². The minimum absolute atomic E-state index is 0.0658. The van der Waals surface area contributed by atoms with E-state index in [0.29, 0.717) is 13.2 Å². The van der Waals surface area contributed by atoms with Gasteiger partial charge in [-0.25, -0.2) is 12.7 Å². The second kappa shape index (κ2) is 8.11. The van der Waals surface area contributed by atoms with Crippen LogP contribution in [-0.4, -0.2) is 62.0 Å². The Balaban J connectivity index is 2.17. The van der Waals surface area contributed by atoms with E-state index >= 15 is 0 Å². The highest BCUT2D eigenvalue weighted by atomic mass is 32.2. The highest BCUT2D eigenvalue weighted by Crippen LogP contribution is 2.18. The van der Waals surface area contributed by atoms with E-state index in [-0.39, 0.29) is 29.0 Å². The molecule has 2 heterocycles. The molecule has 0 bridgehead atoms. The van der Waals surface area contributed by atoms with E-state index in [1.165, 1.54) is 37.0 Å². The second-order valence-electron chi connectivity index (χ2n) is 6.27. The van der Waals surface area contributed by atoms with Crippen LogP contribution >= 0.6 is 0 Å². The maximum absolute atomic E-state index is 12.2. The van der Waals surface area contributed by atoms with Gasteiger partial charge in [0.2, 0.25) is 10.0 Å². The standard InChI is InChI=1S/C16H25N3O5S/c1-4-24-16(21)13-6-5-9-18(10-13)12-19-11-14(7-8-15(19)20)25(22,23)17(2)3/h7-8,11,13H,4-6,9-10,12H2,1-3H3/t13-/m0/s1. The molecule has 0 spiro atoms. The summed E-state index contributed by atoms with van der Waals surface area (Å²) in [4.78, 5) is 26.1.